The van der Waals surface area contributed by atoms with Crippen LogP contribution in [0.25, 0.3) is 0 Å². The number of halogens is 1. The molecule has 0 radical (unpaired) electrons. The third-order valence-electron chi connectivity index (χ3n) is 3.86. The van der Waals surface area contributed by atoms with Crippen LogP contribution in [0.5, 0.6) is 0 Å². The van der Waals surface area contributed by atoms with Crippen LogP contribution in [0.15, 0.2) is 28.8 Å². The monoisotopic (exact) mass is 291 g/mol. The van der Waals surface area contributed by atoms with Crippen LogP contribution in [0, 0.1) is 0 Å². The van der Waals surface area contributed by atoms with E-state index in [9.17, 15) is 0 Å². The predicted molar refractivity (Wildman–Crippen MR) is 77.7 cm³/mol. The van der Waals surface area contributed by atoms with Crippen molar-refractivity contribution in [1.82, 2.24) is 10.1 Å². The zero-order valence-corrected chi connectivity index (χ0v) is 12.0. The zero-order chi connectivity index (χ0) is 13.9. The molecule has 5 heteroatoms. The third-order valence-corrected chi connectivity index (χ3v) is 4.09. The molecule has 1 aliphatic rings. The van der Waals surface area contributed by atoms with Gasteiger partial charge >= 0.3 is 0 Å². The molecule has 0 amide bonds. The van der Waals surface area contributed by atoms with Gasteiger partial charge in [0.05, 0.1) is 0 Å². The molecule has 3 rings (SSSR count). The van der Waals surface area contributed by atoms with Crippen LogP contribution in [-0.2, 0) is 6.42 Å². The first kappa shape index (κ1) is 13.6. The molecule has 0 spiro atoms. The predicted octanol–water partition coefficient (Wildman–Crippen LogP) is 3.30. The lowest BCUT2D eigenvalue weighted by Crippen LogP contribution is -2.25. The maximum absolute atomic E-state index is 5.98. The highest BCUT2D eigenvalue weighted by molar-refractivity contribution is 6.30. The molecule has 1 fully saturated rings. The fourth-order valence-corrected chi connectivity index (χ4v) is 2.91. The number of rotatable bonds is 3. The summed E-state index contributed by atoms with van der Waals surface area (Å²) in [5.41, 5.74) is 7.01. The van der Waals surface area contributed by atoms with Gasteiger partial charge in [0.25, 0.3) is 0 Å². The van der Waals surface area contributed by atoms with Crippen LogP contribution < -0.4 is 5.73 Å². The van der Waals surface area contributed by atoms with E-state index >= 15 is 0 Å². The fourth-order valence-electron chi connectivity index (χ4n) is 2.70. The number of aromatic nitrogens is 2. The molecule has 20 heavy (non-hydrogen) atoms. The van der Waals surface area contributed by atoms with E-state index in [1.807, 2.05) is 24.3 Å². The van der Waals surface area contributed by atoms with E-state index in [2.05, 4.69) is 10.1 Å². The van der Waals surface area contributed by atoms with Gasteiger partial charge in [-0.2, -0.15) is 4.98 Å². The molecule has 2 N–H and O–H groups in total. The Kier molecular flexibility index (Phi) is 4.03. The molecule has 1 aliphatic carbocycles. The average molecular weight is 292 g/mol. The van der Waals surface area contributed by atoms with E-state index < -0.39 is 0 Å². The molecule has 1 aromatic heterocycles. The largest absolute Gasteiger partial charge is 0.339 e. The van der Waals surface area contributed by atoms with E-state index in [-0.39, 0.29) is 0 Å². The lowest BCUT2D eigenvalue weighted by Gasteiger charge is -2.22. The van der Waals surface area contributed by atoms with Gasteiger partial charge in [-0.1, -0.05) is 28.9 Å². The summed E-state index contributed by atoms with van der Waals surface area (Å²) in [5, 5.41) is 4.80. The van der Waals surface area contributed by atoms with Crippen molar-refractivity contribution < 1.29 is 4.52 Å². The van der Waals surface area contributed by atoms with Gasteiger partial charge in [0.15, 0.2) is 5.82 Å². The highest BCUT2D eigenvalue weighted by Crippen LogP contribution is 2.31. The summed E-state index contributed by atoms with van der Waals surface area (Å²) in [6, 6.07) is 8.07. The Hall–Kier alpha value is -1.39. The summed E-state index contributed by atoms with van der Waals surface area (Å²) in [6.45, 7) is 0. The number of benzene rings is 1. The van der Waals surface area contributed by atoms with Crippen LogP contribution in [0.4, 0.5) is 0 Å². The first-order valence-electron chi connectivity index (χ1n) is 7.03. The Morgan fingerprint density at radius 3 is 2.80 bits per heavy atom. The van der Waals surface area contributed by atoms with E-state index in [1.165, 1.54) is 0 Å². The normalized spacial score (nSPS) is 22.9. The fraction of sp³-hybridized carbons (Fsp3) is 0.467. The lowest BCUT2D eigenvalue weighted by atomic mass is 9.86. The molecule has 4 nitrogen and oxygen atoms in total. The smallest absolute Gasteiger partial charge is 0.229 e. The summed E-state index contributed by atoms with van der Waals surface area (Å²) in [6.07, 6.45) is 4.81. The highest BCUT2D eigenvalue weighted by atomic mass is 35.5. The summed E-state index contributed by atoms with van der Waals surface area (Å²) in [5.74, 6) is 1.85. The second kappa shape index (κ2) is 5.94. The topological polar surface area (TPSA) is 64.9 Å². The summed E-state index contributed by atoms with van der Waals surface area (Å²) in [4.78, 5) is 4.52. The molecular weight excluding hydrogens is 274 g/mol. The van der Waals surface area contributed by atoms with Crippen LogP contribution in [-0.4, -0.2) is 16.2 Å². The maximum Gasteiger partial charge on any atom is 0.229 e. The van der Waals surface area contributed by atoms with Gasteiger partial charge < -0.3 is 10.3 Å². The van der Waals surface area contributed by atoms with E-state index in [0.717, 1.165) is 48.0 Å². The van der Waals surface area contributed by atoms with Crippen molar-refractivity contribution in [1.29, 1.82) is 0 Å². The number of nitrogens with two attached hydrogens (primary N) is 1. The van der Waals surface area contributed by atoms with Crippen molar-refractivity contribution in [3.63, 3.8) is 0 Å². The van der Waals surface area contributed by atoms with Crippen LogP contribution in [0.2, 0.25) is 5.02 Å². The van der Waals surface area contributed by atoms with Gasteiger partial charge in [0, 0.05) is 23.4 Å². The third kappa shape index (κ3) is 3.19. The minimum Gasteiger partial charge on any atom is -0.339 e. The van der Waals surface area contributed by atoms with Crippen molar-refractivity contribution in [2.24, 2.45) is 5.73 Å². The minimum absolute atomic E-state index is 0.333. The second-order valence-corrected chi connectivity index (χ2v) is 5.90. The van der Waals surface area contributed by atoms with E-state index in [4.69, 9.17) is 21.9 Å². The first-order chi connectivity index (χ1) is 9.70. The van der Waals surface area contributed by atoms with Gasteiger partial charge in [-0.05, 0) is 43.4 Å². The zero-order valence-electron chi connectivity index (χ0n) is 11.3. The van der Waals surface area contributed by atoms with Gasteiger partial charge in [-0.25, -0.2) is 0 Å². The molecule has 106 valence electrons. The Morgan fingerprint density at radius 2 is 2.05 bits per heavy atom. The number of hydrogen-bond acceptors (Lipinski definition) is 4. The molecule has 0 atom stereocenters. The van der Waals surface area contributed by atoms with E-state index in [0.29, 0.717) is 18.4 Å². The Morgan fingerprint density at radius 1 is 1.25 bits per heavy atom. The van der Waals surface area contributed by atoms with Crippen LogP contribution >= 0.6 is 11.6 Å². The van der Waals surface area contributed by atoms with Gasteiger partial charge in [0.2, 0.25) is 5.89 Å². The SMILES string of the molecule is NC1CCC(c2nc(Cc3cccc(Cl)c3)no2)CC1. The molecule has 1 heterocycles. The number of hydrogen-bond donors (Lipinski definition) is 1. The quantitative estimate of drug-likeness (QED) is 0.942. The summed E-state index contributed by atoms with van der Waals surface area (Å²) in [7, 11) is 0. The Balaban J connectivity index is 1.67. The molecule has 1 aromatic carbocycles. The minimum atomic E-state index is 0.333. The van der Waals surface area contributed by atoms with Gasteiger partial charge in [0.1, 0.15) is 0 Å². The molecule has 0 saturated heterocycles. The maximum atomic E-state index is 5.98. The number of nitrogens with zero attached hydrogens (tertiary/aromatic N) is 2. The summed E-state index contributed by atoms with van der Waals surface area (Å²) < 4.78 is 5.41. The van der Waals surface area contributed by atoms with E-state index in [1.54, 1.807) is 0 Å². The van der Waals surface area contributed by atoms with Crippen LogP contribution in [0.1, 0.15) is 48.9 Å². The second-order valence-electron chi connectivity index (χ2n) is 5.47. The van der Waals surface area contributed by atoms with Crippen LogP contribution in [0.3, 0.4) is 0 Å². The standard InChI is InChI=1S/C15H18ClN3O/c16-12-3-1-2-10(8-12)9-14-18-15(20-19-14)11-4-6-13(17)7-5-11/h1-3,8,11,13H,4-7,9,17H2. The van der Waals surface area contributed by atoms with Crippen molar-refractivity contribution in [3.8, 4) is 0 Å². The molecule has 2 aromatic rings. The lowest BCUT2D eigenvalue weighted by molar-refractivity contribution is 0.300. The average Bonchev–Trinajstić information content (AvgIpc) is 2.88. The van der Waals surface area contributed by atoms with Crippen molar-refractivity contribution in [2.75, 3.05) is 0 Å². The molecular formula is C15H18ClN3O. The van der Waals surface area contributed by atoms with Crippen molar-refractivity contribution in [2.45, 2.75) is 44.1 Å². The summed E-state index contributed by atoms with van der Waals surface area (Å²) >= 11 is 5.98. The molecule has 1 saturated carbocycles. The van der Waals surface area contributed by atoms with Crippen molar-refractivity contribution >= 4 is 11.6 Å². The molecule has 0 bridgehead atoms. The van der Waals surface area contributed by atoms with Gasteiger partial charge in [-0.3, -0.25) is 0 Å². The Bertz CT molecular complexity index is 576. The van der Waals surface area contributed by atoms with Gasteiger partial charge in [-0.15, -0.1) is 0 Å². The Labute approximate surface area is 123 Å². The first-order valence-corrected chi connectivity index (χ1v) is 7.41. The molecule has 0 aliphatic heterocycles. The van der Waals surface area contributed by atoms with Crippen molar-refractivity contribution in [3.05, 3.63) is 46.6 Å². The highest BCUT2D eigenvalue weighted by Gasteiger charge is 2.24. The molecule has 0 unspecified atom stereocenters.